The molecule has 0 aliphatic rings. The van der Waals surface area contributed by atoms with E-state index < -0.39 is 35.3 Å². The second-order valence-electron chi connectivity index (χ2n) is 6.30. The molecule has 0 aliphatic heterocycles. The first-order valence-electron chi connectivity index (χ1n) is 8.59. The molecule has 4 aromatic rings. The quantitative estimate of drug-likeness (QED) is 0.517. The van der Waals surface area contributed by atoms with Crippen LogP contribution in [0.1, 0.15) is 0 Å². The molecule has 0 radical (unpaired) electrons. The number of carbonyl (C=O) groups excluding carboxylic acids is 1. The number of nitrogens with one attached hydrogen (secondary N) is 1. The molecule has 1 amide bonds. The molecule has 10 heteroatoms. The zero-order valence-electron chi connectivity index (χ0n) is 15.1. The van der Waals surface area contributed by atoms with Crippen LogP contribution in [-0.2, 0) is 11.3 Å². The van der Waals surface area contributed by atoms with E-state index in [1.165, 1.54) is 6.07 Å². The minimum atomic E-state index is -0.944. The van der Waals surface area contributed by atoms with Crippen molar-refractivity contribution in [2.75, 3.05) is 5.32 Å². The summed E-state index contributed by atoms with van der Waals surface area (Å²) in [5.41, 5.74) is -0.967. The molecule has 30 heavy (non-hydrogen) atoms. The van der Waals surface area contributed by atoms with Crippen LogP contribution in [-0.4, -0.2) is 15.0 Å². The average molecular weight is 448 g/mol. The van der Waals surface area contributed by atoms with Gasteiger partial charge in [-0.25, -0.2) is 18.1 Å². The molecule has 0 fully saturated rings. The van der Waals surface area contributed by atoms with Crippen LogP contribution in [0.2, 0.25) is 5.02 Å². The lowest BCUT2D eigenvalue weighted by Gasteiger charge is -2.13. The van der Waals surface area contributed by atoms with Gasteiger partial charge in [0.1, 0.15) is 22.9 Å². The average Bonchev–Trinajstić information content (AvgIpc) is 3.18. The number of aromatic nitrogens is 2. The van der Waals surface area contributed by atoms with Gasteiger partial charge in [-0.05, 0) is 41.8 Å². The van der Waals surface area contributed by atoms with E-state index in [1.807, 2.05) is 0 Å². The van der Waals surface area contributed by atoms with Crippen molar-refractivity contribution in [3.05, 3.63) is 91.4 Å². The number of rotatable bonds is 4. The van der Waals surface area contributed by atoms with E-state index >= 15 is 0 Å². The van der Waals surface area contributed by atoms with Crippen molar-refractivity contribution in [1.82, 2.24) is 9.13 Å². The third-order valence-corrected chi connectivity index (χ3v) is 5.45. The van der Waals surface area contributed by atoms with Crippen LogP contribution in [0.5, 0.6) is 0 Å². The Balaban J connectivity index is 1.79. The monoisotopic (exact) mass is 447 g/mol. The molecule has 0 saturated carbocycles. The van der Waals surface area contributed by atoms with E-state index in [4.69, 9.17) is 11.6 Å². The third kappa shape index (κ3) is 3.64. The van der Waals surface area contributed by atoms with E-state index in [-0.39, 0.29) is 21.6 Å². The van der Waals surface area contributed by atoms with E-state index in [0.717, 1.165) is 32.6 Å². The number of carbonyl (C=O) groups is 1. The van der Waals surface area contributed by atoms with E-state index in [1.54, 1.807) is 29.6 Å². The second-order valence-corrected chi connectivity index (χ2v) is 7.65. The first-order valence-corrected chi connectivity index (χ1v) is 9.85. The third-order valence-electron chi connectivity index (χ3n) is 4.33. The Morgan fingerprint density at radius 1 is 1.10 bits per heavy atom. The summed E-state index contributed by atoms with van der Waals surface area (Å²) in [6.07, 6.45) is 0. The van der Waals surface area contributed by atoms with Gasteiger partial charge < -0.3 is 5.32 Å². The van der Waals surface area contributed by atoms with Crippen LogP contribution in [0, 0.1) is 11.6 Å². The van der Waals surface area contributed by atoms with Gasteiger partial charge in [-0.1, -0.05) is 17.7 Å². The lowest BCUT2D eigenvalue weighted by atomic mass is 10.3. The van der Waals surface area contributed by atoms with Crippen molar-refractivity contribution in [2.45, 2.75) is 6.54 Å². The van der Waals surface area contributed by atoms with Crippen LogP contribution in [0.4, 0.5) is 14.5 Å². The Labute approximate surface area is 176 Å². The predicted molar refractivity (Wildman–Crippen MR) is 112 cm³/mol. The molecule has 1 N–H and O–H groups in total. The van der Waals surface area contributed by atoms with E-state index in [2.05, 4.69) is 5.32 Å². The Bertz CT molecular complexity index is 1410. The van der Waals surface area contributed by atoms with Gasteiger partial charge in [0.05, 0.1) is 16.9 Å². The second kappa shape index (κ2) is 7.85. The molecule has 0 atom stereocenters. The number of amides is 1. The fourth-order valence-electron chi connectivity index (χ4n) is 3.01. The largest absolute Gasteiger partial charge is 0.336 e. The highest BCUT2D eigenvalue weighted by Gasteiger charge is 2.18. The predicted octanol–water partition coefficient (Wildman–Crippen LogP) is 3.78. The summed E-state index contributed by atoms with van der Waals surface area (Å²) in [7, 11) is 0. The van der Waals surface area contributed by atoms with Crippen LogP contribution >= 0.6 is 22.9 Å². The van der Waals surface area contributed by atoms with Crippen LogP contribution in [0.15, 0.2) is 63.5 Å². The number of benzene rings is 2. The molecule has 4 rings (SSSR count). The van der Waals surface area contributed by atoms with Crippen LogP contribution in [0.3, 0.4) is 0 Å². The molecular weight excluding hydrogens is 436 g/mol. The highest BCUT2D eigenvalue weighted by molar-refractivity contribution is 7.17. The van der Waals surface area contributed by atoms with Crippen LogP contribution in [0.25, 0.3) is 15.9 Å². The zero-order valence-corrected chi connectivity index (χ0v) is 16.6. The summed E-state index contributed by atoms with van der Waals surface area (Å²) in [6.45, 7) is -0.482. The molecule has 0 unspecified atom stereocenters. The summed E-state index contributed by atoms with van der Waals surface area (Å²) >= 11 is 7.11. The molecule has 2 aromatic carbocycles. The maximum absolute atomic E-state index is 13.8. The number of halogens is 3. The Morgan fingerprint density at radius 3 is 2.63 bits per heavy atom. The van der Waals surface area contributed by atoms with Crippen molar-refractivity contribution < 1.29 is 13.6 Å². The van der Waals surface area contributed by atoms with Gasteiger partial charge in [-0.15, -0.1) is 11.3 Å². The van der Waals surface area contributed by atoms with Gasteiger partial charge in [-0.2, -0.15) is 0 Å². The molecule has 0 aliphatic carbocycles. The summed E-state index contributed by atoms with van der Waals surface area (Å²) < 4.78 is 29.2. The molecule has 0 spiro atoms. The first kappa shape index (κ1) is 20.0. The summed E-state index contributed by atoms with van der Waals surface area (Å²) in [5, 5.41) is 4.27. The fourth-order valence-corrected chi connectivity index (χ4v) is 4.02. The number of anilines is 1. The van der Waals surface area contributed by atoms with Gasteiger partial charge in [0, 0.05) is 11.1 Å². The summed E-state index contributed by atoms with van der Waals surface area (Å²) in [6, 6.07) is 10.5. The summed E-state index contributed by atoms with van der Waals surface area (Å²) in [4.78, 5) is 38.4. The van der Waals surface area contributed by atoms with E-state index in [0.29, 0.717) is 11.1 Å². The lowest BCUT2D eigenvalue weighted by molar-refractivity contribution is -0.116. The van der Waals surface area contributed by atoms with Crippen molar-refractivity contribution in [2.24, 2.45) is 0 Å². The highest BCUT2D eigenvalue weighted by atomic mass is 35.5. The smallest absolute Gasteiger partial charge is 0.322 e. The Kier molecular flexibility index (Phi) is 5.23. The van der Waals surface area contributed by atoms with Crippen LogP contribution < -0.4 is 16.6 Å². The number of hydrogen-bond donors (Lipinski definition) is 1. The van der Waals surface area contributed by atoms with Gasteiger partial charge >= 0.3 is 5.69 Å². The molecule has 0 saturated heterocycles. The van der Waals surface area contributed by atoms with Crippen molar-refractivity contribution in [3.63, 3.8) is 0 Å². The number of nitrogens with zero attached hydrogens (tertiary/aromatic N) is 2. The number of fused-ring (bicyclic) bond motifs is 1. The Hall–Kier alpha value is -3.30. The van der Waals surface area contributed by atoms with Crippen molar-refractivity contribution in [3.8, 4) is 5.69 Å². The highest BCUT2D eigenvalue weighted by Crippen LogP contribution is 2.19. The maximum Gasteiger partial charge on any atom is 0.336 e. The van der Waals surface area contributed by atoms with Crippen molar-refractivity contribution >= 4 is 44.7 Å². The standard InChI is InChI=1S/C20H12ClF2N3O3S/c21-11-2-1-3-13(8-11)26-19(28)18-16(6-7-30-18)25(20(26)29)10-17(27)24-15-5-4-12(22)9-14(15)23/h1-9H,10H2,(H,24,27). The van der Waals surface area contributed by atoms with Gasteiger partial charge in [0.25, 0.3) is 5.56 Å². The van der Waals surface area contributed by atoms with Gasteiger partial charge in [0.2, 0.25) is 5.91 Å². The van der Waals surface area contributed by atoms with Gasteiger partial charge in [0.15, 0.2) is 0 Å². The first-order chi connectivity index (χ1) is 14.3. The lowest BCUT2D eigenvalue weighted by Crippen LogP contribution is -2.40. The fraction of sp³-hybridized carbons (Fsp3) is 0.0500. The minimum Gasteiger partial charge on any atom is -0.322 e. The normalized spacial score (nSPS) is 11.0. The SMILES string of the molecule is O=C(Cn1c(=O)n(-c2cccc(Cl)c2)c(=O)c2sccc21)Nc1ccc(F)cc1F. The molecular formula is C20H12ClF2N3O3S. The maximum atomic E-state index is 13.8. The molecule has 6 nitrogen and oxygen atoms in total. The molecule has 152 valence electrons. The Morgan fingerprint density at radius 2 is 1.90 bits per heavy atom. The molecule has 2 heterocycles. The topological polar surface area (TPSA) is 73.1 Å². The zero-order chi connectivity index (χ0) is 21.4. The molecule has 2 aromatic heterocycles. The number of hydrogen-bond acceptors (Lipinski definition) is 4. The summed E-state index contributed by atoms with van der Waals surface area (Å²) in [5.74, 6) is -2.44. The minimum absolute atomic E-state index is 0.223. The van der Waals surface area contributed by atoms with Crippen molar-refractivity contribution in [1.29, 1.82) is 0 Å². The number of thiophene rings is 1. The van der Waals surface area contributed by atoms with Gasteiger partial charge in [-0.3, -0.25) is 14.2 Å². The molecule has 0 bridgehead atoms. The van der Waals surface area contributed by atoms with E-state index in [9.17, 15) is 23.2 Å².